The molecule has 16 nitrogen and oxygen atoms in total. The van der Waals surface area contributed by atoms with Gasteiger partial charge in [0, 0.05) is 49.9 Å². The summed E-state index contributed by atoms with van der Waals surface area (Å²) < 4.78 is 29.0. The van der Waals surface area contributed by atoms with Crippen molar-refractivity contribution in [2.45, 2.75) is 4.34 Å². The molecule has 6 aromatic heterocycles. The van der Waals surface area contributed by atoms with Crippen LogP contribution in [0.2, 0.25) is 10.0 Å². The number of nitrogen functional groups attached to an aromatic ring is 1. The van der Waals surface area contributed by atoms with E-state index in [-0.39, 0.29) is 10.0 Å². The molecule has 8 rings (SSSR count). The number of aromatic nitrogens is 6. The number of nitrogens with one attached hydrogen (secondary N) is 5. The van der Waals surface area contributed by atoms with Gasteiger partial charge in [0.1, 0.15) is 40.1 Å². The second kappa shape index (κ2) is 22.6. The molecule has 0 fully saturated rings. The normalized spacial score (nSPS) is 10.5. The molecule has 0 saturated heterocycles. The second-order valence-corrected chi connectivity index (χ2v) is 16.7. The van der Waals surface area contributed by atoms with Gasteiger partial charge in [-0.1, -0.05) is 46.3 Å². The fourth-order valence-electron chi connectivity index (χ4n) is 5.33. The van der Waals surface area contributed by atoms with E-state index in [1.165, 1.54) is 71.1 Å². The third kappa shape index (κ3) is 12.3. The molecule has 0 radical (unpaired) electrons. The maximum Gasteiger partial charge on any atom is 0.189 e. The van der Waals surface area contributed by atoms with E-state index in [1.54, 1.807) is 30.6 Å². The molecule has 11 N–H and O–H groups in total. The summed E-state index contributed by atoms with van der Waals surface area (Å²) in [7, 11) is 0. The van der Waals surface area contributed by atoms with Gasteiger partial charge < -0.3 is 43.8 Å². The van der Waals surface area contributed by atoms with Gasteiger partial charge in [0.25, 0.3) is 0 Å². The first-order chi connectivity index (χ1) is 31.0. The summed E-state index contributed by atoms with van der Waals surface area (Å²) in [5.41, 5.74) is 21.7. The Morgan fingerprint density at radius 2 is 1.17 bits per heavy atom. The van der Waals surface area contributed by atoms with Crippen molar-refractivity contribution >= 4 is 129 Å². The van der Waals surface area contributed by atoms with Crippen LogP contribution >= 0.6 is 57.6 Å². The maximum atomic E-state index is 13.5. The minimum absolute atomic E-state index is 0.0163. The standard InChI is InChI=1S/C20H16ClFN8S.C14H8ClFN4S2.C7H12N4/c21-14-7-12(1-3-15(14)22)28-17-11(8-24)9-27-19-18(17)31-20(30-19)29-13-2-4-16(26-10-13)25-6-5-23;1-21-14-20-13-12(22-14)11(7(5-17)6-18-13)19-8-2-3-10(16)9(15)4-8;8-3-4-10-7-2-1-6(9)5-11-7/h1-4,7,9-10H,5-6,23H2,(H,25,26)(H2,27,28,29,30);2-4,6H,1H3,(H,18,19);1-2,5H,3-4,8-9H2,(H,10,11). The Kier molecular flexibility index (Phi) is 16.5. The number of hydrogen-bond acceptors (Lipinski definition) is 19. The Labute approximate surface area is 387 Å². The highest BCUT2D eigenvalue weighted by atomic mass is 35.5. The van der Waals surface area contributed by atoms with Gasteiger partial charge in [-0.15, -0.1) is 11.3 Å². The minimum atomic E-state index is -0.519. The molecule has 0 aliphatic carbocycles. The average molecular weight is 958 g/mol. The highest BCUT2D eigenvalue weighted by Crippen LogP contribution is 2.38. The molecular weight excluding hydrogens is 922 g/mol. The number of thiazole rings is 2. The quantitative estimate of drug-likeness (QED) is 0.0500. The van der Waals surface area contributed by atoms with Gasteiger partial charge >= 0.3 is 0 Å². The van der Waals surface area contributed by atoms with Gasteiger partial charge in [-0.05, 0) is 66.9 Å². The zero-order valence-corrected chi connectivity index (χ0v) is 37.4. The SMILES string of the molecule is CSc1nc2ncc(C#N)c(Nc3ccc(F)c(Cl)c3)c2s1.N#Cc1cnc2nc(Nc3ccc(NCCN)nc3)sc2c1Nc1ccc(F)c(Cl)c1.NCCNc1ccc(N)cn1. The molecule has 6 heterocycles. The summed E-state index contributed by atoms with van der Waals surface area (Å²) in [4.78, 5) is 25.7. The predicted molar refractivity (Wildman–Crippen MR) is 257 cm³/mol. The summed E-state index contributed by atoms with van der Waals surface area (Å²) in [6.45, 7) is 2.49. The molecule has 0 aliphatic heterocycles. The number of hydrogen-bond donors (Lipinski definition) is 8. The molecule has 2 aromatic carbocycles. The topological polar surface area (TPSA) is 263 Å². The molecule has 64 heavy (non-hydrogen) atoms. The summed E-state index contributed by atoms with van der Waals surface area (Å²) in [6, 6.07) is 20.1. The molecular formula is C41H36Cl2F2N16S3. The van der Waals surface area contributed by atoms with Crippen LogP contribution < -0.4 is 43.8 Å². The number of thioether (sulfide) groups is 1. The zero-order chi connectivity index (χ0) is 45.6. The molecule has 0 atom stereocenters. The van der Waals surface area contributed by atoms with Gasteiger partial charge in [0.2, 0.25) is 0 Å². The van der Waals surface area contributed by atoms with Gasteiger partial charge in [0.05, 0.1) is 61.0 Å². The summed E-state index contributed by atoms with van der Waals surface area (Å²) in [5, 5.41) is 35.0. The minimum Gasteiger partial charge on any atom is -0.397 e. The number of pyridine rings is 4. The van der Waals surface area contributed by atoms with E-state index in [0.717, 1.165) is 32.9 Å². The van der Waals surface area contributed by atoms with Gasteiger partial charge in [-0.25, -0.2) is 33.7 Å². The van der Waals surface area contributed by atoms with Crippen molar-refractivity contribution in [3.8, 4) is 12.1 Å². The second-order valence-electron chi connectivity index (χ2n) is 12.8. The number of benzene rings is 2. The van der Waals surface area contributed by atoms with Crippen LogP contribution in [0.3, 0.4) is 0 Å². The molecule has 0 amide bonds. The first kappa shape index (κ1) is 46.8. The number of nitrogens with two attached hydrogens (primary N) is 3. The van der Waals surface area contributed by atoms with Crippen LogP contribution in [0.15, 0.2) is 89.8 Å². The highest BCUT2D eigenvalue weighted by Gasteiger charge is 2.17. The Balaban J connectivity index is 0.000000178. The molecule has 0 bridgehead atoms. The van der Waals surface area contributed by atoms with Crippen molar-refractivity contribution in [2.24, 2.45) is 11.5 Å². The van der Waals surface area contributed by atoms with Crippen molar-refractivity contribution < 1.29 is 8.78 Å². The van der Waals surface area contributed by atoms with Crippen LogP contribution in [0.5, 0.6) is 0 Å². The lowest BCUT2D eigenvalue weighted by molar-refractivity contribution is 0.628. The van der Waals surface area contributed by atoms with Crippen molar-refractivity contribution in [1.29, 1.82) is 10.5 Å². The first-order valence-electron chi connectivity index (χ1n) is 18.7. The lowest BCUT2D eigenvalue weighted by atomic mass is 10.2. The van der Waals surface area contributed by atoms with Crippen molar-refractivity contribution in [3.05, 3.63) is 118 Å². The third-order valence-electron chi connectivity index (χ3n) is 8.32. The van der Waals surface area contributed by atoms with Crippen LogP contribution in [-0.4, -0.2) is 62.3 Å². The van der Waals surface area contributed by atoms with Crippen LogP contribution in [0.4, 0.5) is 59.7 Å². The number of nitriles is 2. The average Bonchev–Trinajstić information content (AvgIpc) is 3.93. The van der Waals surface area contributed by atoms with E-state index in [1.807, 2.05) is 24.5 Å². The van der Waals surface area contributed by atoms with Gasteiger partial charge in [-0.2, -0.15) is 15.5 Å². The lowest BCUT2D eigenvalue weighted by Crippen LogP contribution is -2.13. The van der Waals surface area contributed by atoms with E-state index in [4.69, 9.17) is 40.4 Å². The number of halogens is 4. The molecule has 326 valence electrons. The zero-order valence-electron chi connectivity index (χ0n) is 33.5. The Morgan fingerprint density at radius 3 is 1.64 bits per heavy atom. The molecule has 0 saturated carbocycles. The fraction of sp³-hybridized carbons (Fsp3) is 0.122. The Bertz CT molecular complexity index is 2940. The number of nitrogens with zero attached hydrogens (tertiary/aromatic N) is 8. The smallest absolute Gasteiger partial charge is 0.189 e. The van der Waals surface area contributed by atoms with Crippen LogP contribution in [0.25, 0.3) is 20.7 Å². The van der Waals surface area contributed by atoms with Crippen molar-refractivity contribution in [1.82, 2.24) is 29.9 Å². The molecule has 23 heteroatoms. The Hall–Kier alpha value is -6.69. The summed E-state index contributed by atoms with van der Waals surface area (Å²) in [6.07, 6.45) is 8.13. The predicted octanol–water partition coefficient (Wildman–Crippen LogP) is 9.46. The van der Waals surface area contributed by atoms with Gasteiger partial charge in [-0.3, -0.25) is 0 Å². The Morgan fingerprint density at radius 1 is 0.656 bits per heavy atom. The fourth-order valence-corrected chi connectivity index (χ4v) is 8.16. The lowest BCUT2D eigenvalue weighted by Gasteiger charge is -2.09. The maximum absolute atomic E-state index is 13.5. The van der Waals surface area contributed by atoms with E-state index in [0.29, 0.717) is 80.3 Å². The van der Waals surface area contributed by atoms with E-state index >= 15 is 0 Å². The van der Waals surface area contributed by atoms with E-state index in [2.05, 4.69) is 68.6 Å². The molecule has 0 aliphatic rings. The van der Waals surface area contributed by atoms with E-state index < -0.39 is 11.6 Å². The summed E-state index contributed by atoms with van der Waals surface area (Å²) in [5.74, 6) is 0.527. The van der Waals surface area contributed by atoms with Crippen molar-refractivity contribution in [3.63, 3.8) is 0 Å². The molecule has 0 unspecified atom stereocenters. The van der Waals surface area contributed by atoms with Gasteiger partial charge in [0.15, 0.2) is 20.8 Å². The molecule has 0 spiro atoms. The van der Waals surface area contributed by atoms with Crippen LogP contribution in [-0.2, 0) is 0 Å². The van der Waals surface area contributed by atoms with Crippen LogP contribution in [0, 0.1) is 34.3 Å². The van der Waals surface area contributed by atoms with Crippen LogP contribution in [0.1, 0.15) is 11.1 Å². The third-order valence-corrected chi connectivity index (χ3v) is 11.9. The number of anilines is 9. The molecule has 8 aromatic rings. The highest BCUT2D eigenvalue weighted by molar-refractivity contribution is 8.00. The number of rotatable bonds is 13. The van der Waals surface area contributed by atoms with E-state index in [9.17, 15) is 19.3 Å². The summed E-state index contributed by atoms with van der Waals surface area (Å²) >= 11 is 16.0. The van der Waals surface area contributed by atoms with Crippen molar-refractivity contribution in [2.75, 3.05) is 64.8 Å². The first-order valence-corrected chi connectivity index (χ1v) is 22.3. The number of fused-ring (bicyclic) bond motifs is 2. The monoisotopic (exact) mass is 956 g/mol. The largest absolute Gasteiger partial charge is 0.397 e.